The van der Waals surface area contributed by atoms with Crippen LogP contribution in [0.15, 0.2) is 36.4 Å². The van der Waals surface area contributed by atoms with Crippen molar-refractivity contribution in [3.05, 3.63) is 53.1 Å². The molecule has 0 saturated heterocycles. The first-order valence-corrected chi connectivity index (χ1v) is 6.34. The smallest absolute Gasteiger partial charge is 0.339 e. The summed E-state index contributed by atoms with van der Waals surface area (Å²) in [7, 11) is 1.48. The summed E-state index contributed by atoms with van der Waals surface area (Å²) in [4.78, 5) is 11.2. The van der Waals surface area contributed by atoms with E-state index in [1.165, 1.54) is 13.2 Å². The maximum atomic E-state index is 11.2. The normalized spacial score (nSPS) is 10.2. The lowest BCUT2D eigenvalue weighted by Gasteiger charge is -2.13. The number of carboxylic acid groups (broad SMARTS) is 1. The molecule has 0 spiro atoms. The van der Waals surface area contributed by atoms with Gasteiger partial charge in [0.05, 0.1) is 13.7 Å². The summed E-state index contributed by atoms with van der Waals surface area (Å²) in [6.07, 6.45) is 0. The molecule has 2 aromatic carbocycles. The number of aliphatic hydroxyl groups is 1. The van der Waals surface area contributed by atoms with E-state index in [0.29, 0.717) is 17.1 Å². The predicted molar refractivity (Wildman–Crippen MR) is 77.1 cm³/mol. The first-order valence-electron chi connectivity index (χ1n) is 6.34. The second-order valence-electron chi connectivity index (χ2n) is 4.55. The minimum Gasteiger partial charge on any atom is -0.493 e. The molecule has 5 heteroatoms. The van der Waals surface area contributed by atoms with Crippen LogP contribution in [0.3, 0.4) is 0 Å². The monoisotopic (exact) mass is 288 g/mol. The molecule has 0 saturated carbocycles. The van der Waals surface area contributed by atoms with Crippen LogP contribution < -0.4 is 9.47 Å². The third-order valence-electron chi connectivity index (χ3n) is 3.00. The Kier molecular flexibility index (Phi) is 4.45. The van der Waals surface area contributed by atoms with Crippen molar-refractivity contribution in [1.82, 2.24) is 0 Å². The number of carbonyl (C=O) groups is 1. The number of ether oxygens (including phenoxy) is 2. The summed E-state index contributed by atoms with van der Waals surface area (Å²) in [5.74, 6) is 0.00990. The van der Waals surface area contributed by atoms with Crippen LogP contribution in [0.5, 0.6) is 17.2 Å². The Morgan fingerprint density at radius 2 is 1.86 bits per heavy atom. The van der Waals surface area contributed by atoms with E-state index >= 15 is 0 Å². The Labute approximate surface area is 122 Å². The van der Waals surface area contributed by atoms with Gasteiger partial charge in [-0.2, -0.15) is 0 Å². The zero-order valence-electron chi connectivity index (χ0n) is 11.8. The molecule has 21 heavy (non-hydrogen) atoms. The van der Waals surface area contributed by atoms with E-state index < -0.39 is 5.97 Å². The molecule has 2 rings (SSSR count). The topological polar surface area (TPSA) is 76.0 Å². The molecule has 0 unspecified atom stereocenters. The number of rotatable bonds is 5. The SMILES string of the molecule is COc1cc(CO)ccc1Oc1cc(C)ccc1C(=O)O. The van der Waals surface area contributed by atoms with E-state index in [9.17, 15) is 9.90 Å². The van der Waals surface area contributed by atoms with E-state index in [-0.39, 0.29) is 17.9 Å². The number of methoxy groups -OCH3 is 1. The molecule has 110 valence electrons. The number of aromatic carboxylic acids is 1. The van der Waals surface area contributed by atoms with Crippen LogP contribution in [0.4, 0.5) is 0 Å². The summed E-state index contributed by atoms with van der Waals surface area (Å²) in [5.41, 5.74) is 1.65. The quantitative estimate of drug-likeness (QED) is 0.884. The molecule has 2 N–H and O–H groups in total. The Balaban J connectivity index is 2.42. The summed E-state index contributed by atoms with van der Waals surface area (Å²) < 4.78 is 10.9. The fraction of sp³-hybridized carbons (Fsp3) is 0.188. The minimum absolute atomic E-state index is 0.0777. The van der Waals surface area contributed by atoms with Gasteiger partial charge in [-0.1, -0.05) is 12.1 Å². The molecule has 0 aromatic heterocycles. The summed E-state index contributed by atoms with van der Waals surface area (Å²) in [6.45, 7) is 1.74. The van der Waals surface area contributed by atoms with Crippen molar-refractivity contribution >= 4 is 5.97 Å². The van der Waals surface area contributed by atoms with E-state index in [0.717, 1.165) is 5.56 Å². The molecule has 0 atom stereocenters. The van der Waals surface area contributed by atoms with Crippen molar-refractivity contribution in [3.63, 3.8) is 0 Å². The second kappa shape index (κ2) is 6.28. The van der Waals surface area contributed by atoms with Crippen LogP contribution in [0.25, 0.3) is 0 Å². The van der Waals surface area contributed by atoms with Crippen molar-refractivity contribution in [2.45, 2.75) is 13.5 Å². The Hall–Kier alpha value is -2.53. The molecule has 0 fully saturated rings. The number of benzene rings is 2. The Bertz CT molecular complexity index is 664. The fourth-order valence-corrected chi connectivity index (χ4v) is 1.90. The largest absolute Gasteiger partial charge is 0.493 e. The molecule has 2 aromatic rings. The molecular weight excluding hydrogens is 272 g/mol. The van der Waals surface area contributed by atoms with Gasteiger partial charge in [0, 0.05) is 0 Å². The third-order valence-corrected chi connectivity index (χ3v) is 3.00. The molecule has 5 nitrogen and oxygen atoms in total. The van der Waals surface area contributed by atoms with Gasteiger partial charge in [0.25, 0.3) is 0 Å². The average molecular weight is 288 g/mol. The van der Waals surface area contributed by atoms with Gasteiger partial charge < -0.3 is 19.7 Å². The van der Waals surface area contributed by atoms with Crippen LogP contribution in [0, 0.1) is 6.92 Å². The summed E-state index contributed by atoms with van der Waals surface area (Å²) >= 11 is 0. The van der Waals surface area contributed by atoms with Crippen molar-refractivity contribution in [2.24, 2.45) is 0 Å². The molecule has 0 heterocycles. The van der Waals surface area contributed by atoms with Gasteiger partial charge in [0.15, 0.2) is 11.5 Å². The van der Waals surface area contributed by atoms with Crippen molar-refractivity contribution in [1.29, 1.82) is 0 Å². The molecule has 0 aliphatic rings. The molecule has 0 radical (unpaired) electrons. The highest BCUT2D eigenvalue weighted by Gasteiger charge is 2.14. The van der Waals surface area contributed by atoms with Crippen LogP contribution >= 0.6 is 0 Å². The highest BCUT2D eigenvalue weighted by Crippen LogP contribution is 2.34. The van der Waals surface area contributed by atoms with Gasteiger partial charge in [-0.05, 0) is 42.3 Å². The lowest BCUT2D eigenvalue weighted by atomic mass is 10.1. The summed E-state index contributed by atoms with van der Waals surface area (Å²) in [5, 5.41) is 18.3. The first kappa shape index (κ1) is 14.9. The average Bonchev–Trinajstić information content (AvgIpc) is 2.47. The predicted octanol–water partition coefficient (Wildman–Crippen LogP) is 2.99. The molecule has 0 bridgehead atoms. The van der Waals surface area contributed by atoms with Crippen molar-refractivity contribution < 1.29 is 24.5 Å². The van der Waals surface area contributed by atoms with Gasteiger partial charge >= 0.3 is 5.97 Å². The van der Waals surface area contributed by atoms with E-state index in [1.807, 2.05) is 6.92 Å². The maximum absolute atomic E-state index is 11.2. The number of hydrogen-bond donors (Lipinski definition) is 2. The van der Waals surface area contributed by atoms with Crippen LogP contribution in [0.1, 0.15) is 21.5 Å². The van der Waals surface area contributed by atoms with E-state index in [1.54, 1.807) is 30.3 Å². The lowest BCUT2D eigenvalue weighted by molar-refractivity contribution is 0.0694. The van der Waals surface area contributed by atoms with E-state index in [4.69, 9.17) is 14.6 Å². The van der Waals surface area contributed by atoms with Crippen LogP contribution in [-0.2, 0) is 6.61 Å². The zero-order valence-corrected chi connectivity index (χ0v) is 11.8. The second-order valence-corrected chi connectivity index (χ2v) is 4.55. The number of hydrogen-bond acceptors (Lipinski definition) is 4. The van der Waals surface area contributed by atoms with Gasteiger partial charge in [-0.15, -0.1) is 0 Å². The van der Waals surface area contributed by atoms with Crippen molar-refractivity contribution in [2.75, 3.05) is 7.11 Å². The van der Waals surface area contributed by atoms with Gasteiger partial charge in [-0.25, -0.2) is 4.79 Å². The fourth-order valence-electron chi connectivity index (χ4n) is 1.90. The first-order chi connectivity index (χ1) is 10.0. The van der Waals surface area contributed by atoms with E-state index in [2.05, 4.69) is 0 Å². The third kappa shape index (κ3) is 3.32. The van der Waals surface area contributed by atoms with Gasteiger partial charge in [0.2, 0.25) is 0 Å². The molecular formula is C16H16O5. The zero-order chi connectivity index (χ0) is 15.4. The van der Waals surface area contributed by atoms with Crippen molar-refractivity contribution in [3.8, 4) is 17.2 Å². The Morgan fingerprint density at radius 3 is 2.48 bits per heavy atom. The number of aryl methyl sites for hydroxylation is 1. The van der Waals surface area contributed by atoms with Crippen LogP contribution in [0.2, 0.25) is 0 Å². The molecule has 0 aliphatic carbocycles. The number of aliphatic hydroxyl groups excluding tert-OH is 1. The highest BCUT2D eigenvalue weighted by atomic mass is 16.5. The Morgan fingerprint density at radius 1 is 1.10 bits per heavy atom. The summed E-state index contributed by atoms with van der Waals surface area (Å²) in [6, 6.07) is 9.84. The standard InChI is InChI=1S/C16H16O5/c1-10-3-5-12(16(18)19)14(7-10)21-13-6-4-11(9-17)8-15(13)20-2/h3-8,17H,9H2,1-2H3,(H,18,19). The lowest BCUT2D eigenvalue weighted by Crippen LogP contribution is -2.01. The minimum atomic E-state index is -1.06. The maximum Gasteiger partial charge on any atom is 0.339 e. The van der Waals surface area contributed by atoms with Crippen LogP contribution in [-0.4, -0.2) is 23.3 Å². The molecule has 0 amide bonds. The molecule has 0 aliphatic heterocycles. The highest BCUT2D eigenvalue weighted by molar-refractivity contribution is 5.91. The van der Waals surface area contributed by atoms with Gasteiger partial charge in [-0.3, -0.25) is 0 Å². The van der Waals surface area contributed by atoms with Gasteiger partial charge in [0.1, 0.15) is 11.3 Å². The number of carboxylic acids is 1.